The van der Waals surface area contributed by atoms with Crippen molar-refractivity contribution in [1.82, 2.24) is 10.2 Å². The van der Waals surface area contributed by atoms with Crippen LogP contribution in [0.1, 0.15) is 6.42 Å². The average Bonchev–Trinajstić information content (AvgIpc) is 2.71. The largest absolute Gasteiger partial charge is 0.405 e. The maximum atomic E-state index is 11.9. The van der Waals surface area contributed by atoms with Crippen molar-refractivity contribution in [2.45, 2.75) is 18.6 Å². The molecule has 0 saturated heterocycles. The van der Waals surface area contributed by atoms with Gasteiger partial charge in [-0.05, 0) is 6.42 Å². The maximum Gasteiger partial charge on any atom is 0.405 e. The second-order valence-corrected chi connectivity index (χ2v) is 4.48. The number of rotatable bonds is 4. The van der Waals surface area contributed by atoms with Crippen LogP contribution in [0.4, 0.5) is 13.2 Å². The number of halogens is 3. The van der Waals surface area contributed by atoms with Crippen molar-refractivity contribution in [1.29, 1.82) is 0 Å². The van der Waals surface area contributed by atoms with Crippen LogP contribution >= 0.6 is 0 Å². The number of nitrogens with zero attached hydrogens (tertiary/aromatic N) is 1. The topological polar surface area (TPSA) is 75.4 Å². The lowest BCUT2D eigenvalue weighted by molar-refractivity contribution is -0.142. The van der Waals surface area contributed by atoms with E-state index in [-0.39, 0.29) is 11.9 Å². The van der Waals surface area contributed by atoms with E-state index in [1.54, 1.807) is 17.5 Å². The lowest BCUT2D eigenvalue weighted by atomic mass is 10.1. The molecular formula is C11H16F3N3O2. The summed E-state index contributed by atoms with van der Waals surface area (Å²) in [6.45, 7) is -1.81. The number of carbonyl (C=O) groups is 2. The van der Waals surface area contributed by atoms with Gasteiger partial charge in [-0.2, -0.15) is 13.2 Å². The van der Waals surface area contributed by atoms with Gasteiger partial charge >= 0.3 is 6.18 Å². The molecule has 108 valence electrons. The smallest absolute Gasteiger partial charge is 0.345 e. The van der Waals surface area contributed by atoms with E-state index >= 15 is 0 Å². The van der Waals surface area contributed by atoms with Gasteiger partial charge in [0.25, 0.3) is 0 Å². The van der Waals surface area contributed by atoms with Gasteiger partial charge in [0.05, 0.1) is 12.5 Å². The van der Waals surface area contributed by atoms with Gasteiger partial charge in [-0.1, -0.05) is 12.2 Å². The zero-order valence-electron chi connectivity index (χ0n) is 10.4. The van der Waals surface area contributed by atoms with Gasteiger partial charge in [0.1, 0.15) is 6.54 Å². The molecule has 1 aliphatic carbocycles. The zero-order chi connectivity index (χ0) is 14.6. The monoisotopic (exact) mass is 279 g/mol. The van der Waals surface area contributed by atoms with Gasteiger partial charge in [-0.3, -0.25) is 9.59 Å². The molecule has 0 bridgehead atoms. The Morgan fingerprint density at radius 2 is 2.05 bits per heavy atom. The predicted molar refractivity (Wildman–Crippen MR) is 61.9 cm³/mol. The van der Waals surface area contributed by atoms with Gasteiger partial charge in [0.2, 0.25) is 11.8 Å². The molecule has 2 atom stereocenters. The quantitative estimate of drug-likeness (QED) is 0.713. The van der Waals surface area contributed by atoms with Gasteiger partial charge in [0, 0.05) is 13.1 Å². The van der Waals surface area contributed by atoms with Crippen LogP contribution in [0.2, 0.25) is 0 Å². The Morgan fingerprint density at radius 3 is 2.53 bits per heavy atom. The molecule has 0 saturated carbocycles. The first-order valence-corrected chi connectivity index (χ1v) is 5.71. The fourth-order valence-electron chi connectivity index (χ4n) is 1.74. The molecule has 0 spiro atoms. The Morgan fingerprint density at radius 1 is 1.42 bits per heavy atom. The SMILES string of the molecule is CN(CC(=O)NCC(F)(F)F)C(=O)C1C=CC(N)C1. The summed E-state index contributed by atoms with van der Waals surface area (Å²) in [7, 11) is 1.37. The van der Waals surface area contributed by atoms with Crippen LogP contribution in [-0.4, -0.2) is 49.1 Å². The van der Waals surface area contributed by atoms with Crippen molar-refractivity contribution in [3.63, 3.8) is 0 Å². The number of likely N-dealkylation sites (N-methyl/N-ethyl adjacent to an activating group) is 1. The Balaban J connectivity index is 2.38. The Labute approximate surface area is 108 Å². The molecule has 0 aliphatic heterocycles. The number of amides is 2. The van der Waals surface area contributed by atoms with Crippen molar-refractivity contribution in [2.24, 2.45) is 11.7 Å². The summed E-state index contributed by atoms with van der Waals surface area (Å²) in [4.78, 5) is 24.2. The molecule has 0 heterocycles. The van der Waals surface area contributed by atoms with Gasteiger partial charge < -0.3 is 16.0 Å². The number of carbonyl (C=O) groups excluding carboxylic acids is 2. The summed E-state index contributed by atoms with van der Waals surface area (Å²) in [5, 5.41) is 1.71. The van der Waals surface area contributed by atoms with E-state index in [2.05, 4.69) is 0 Å². The Hall–Kier alpha value is -1.57. The fourth-order valence-corrected chi connectivity index (χ4v) is 1.74. The van der Waals surface area contributed by atoms with Crippen LogP contribution < -0.4 is 11.1 Å². The van der Waals surface area contributed by atoms with Crippen molar-refractivity contribution in [3.05, 3.63) is 12.2 Å². The Bertz CT molecular complexity index is 382. The number of nitrogens with one attached hydrogen (secondary N) is 1. The van der Waals surface area contributed by atoms with E-state index in [9.17, 15) is 22.8 Å². The second-order valence-electron chi connectivity index (χ2n) is 4.48. The number of hydrogen-bond acceptors (Lipinski definition) is 3. The molecule has 1 aliphatic rings. The molecule has 1 rings (SSSR count). The summed E-state index contributed by atoms with van der Waals surface area (Å²) >= 11 is 0. The zero-order valence-corrected chi connectivity index (χ0v) is 10.4. The van der Waals surface area contributed by atoms with Crippen LogP contribution in [0, 0.1) is 5.92 Å². The maximum absolute atomic E-state index is 11.9. The molecule has 0 fully saturated rings. The number of hydrogen-bond donors (Lipinski definition) is 2. The number of nitrogens with two attached hydrogens (primary N) is 1. The molecule has 0 aromatic heterocycles. The average molecular weight is 279 g/mol. The van der Waals surface area contributed by atoms with E-state index in [0.717, 1.165) is 4.90 Å². The standard InChI is InChI=1S/C11H16F3N3O2/c1-17(5-9(18)16-6-11(12,13)14)10(19)7-2-3-8(15)4-7/h2-3,7-8H,4-6,15H2,1H3,(H,16,18). The van der Waals surface area contributed by atoms with Crippen molar-refractivity contribution < 1.29 is 22.8 Å². The first-order chi connectivity index (χ1) is 8.69. The summed E-state index contributed by atoms with van der Waals surface area (Å²) in [6.07, 6.45) is -0.663. The van der Waals surface area contributed by atoms with Crippen LogP contribution in [0.15, 0.2) is 12.2 Å². The van der Waals surface area contributed by atoms with E-state index in [1.165, 1.54) is 7.05 Å². The highest BCUT2D eigenvalue weighted by Crippen LogP contribution is 2.18. The second kappa shape index (κ2) is 6.05. The molecule has 3 N–H and O–H groups in total. The molecule has 2 amide bonds. The highest BCUT2D eigenvalue weighted by molar-refractivity contribution is 5.86. The van der Waals surface area contributed by atoms with E-state index < -0.39 is 31.1 Å². The minimum Gasteiger partial charge on any atom is -0.345 e. The Kier molecular flexibility index (Phi) is 4.93. The first kappa shape index (κ1) is 15.5. The molecule has 0 aromatic rings. The minimum absolute atomic E-state index is 0.193. The molecule has 2 unspecified atom stereocenters. The molecule has 0 radical (unpaired) electrons. The lowest BCUT2D eigenvalue weighted by Crippen LogP contribution is -2.43. The lowest BCUT2D eigenvalue weighted by Gasteiger charge is -2.20. The van der Waals surface area contributed by atoms with Crippen LogP contribution in [0.25, 0.3) is 0 Å². The summed E-state index contributed by atoms with van der Waals surface area (Å²) in [6, 6.07) is -0.193. The first-order valence-electron chi connectivity index (χ1n) is 5.71. The third-order valence-electron chi connectivity index (χ3n) is 2.68. The van der Waals surface area contributed by atoms with Crippen molar-refractivity contribution in [3.8, 4) is 0 Å². The highest BCUT2D eigenvalue weighted by Gasteiger charge is 2.29. The van der Waals surface area contributed by atoms with E-state index in [4.69, 9.17) is 5.73 Å². The van der Waals surface area contributed by atoms with Crippen molar-refractivity contribution in [2.75, 3.05) is 20.1 Å². The van der Waals surface area contributed by atoms with Gasteiger partial charge in [0.15, 0.2) is 0 Å². The summed E-state index contributed by atoms with van der Waals surface area (Å²) in [5.41, 5.74) is 5.60. The van der Waals surface area contributed by atoms with Crippen LogP contribution in [-0.2, 0) is 9.59 Å². The normalized spacial score (nSPS) is 22.4. The number of alkyl halides is 3. The third-order valence-corrected chi connectivity index (χ3v) is 2.68. The summed E-state index contributed by atoms with van der Waals surface area (Å²) in [5.74, 6) is -1.58. The van der Waals surface area contributed by atoms with E-state index in [1.807, 2.05) is 0 Å². The molecular weight excluding hydrogens is 263 g/mol. The minimum atomic E-state index is -4.46. The highest BCUT2D eigenvalue weighted by atomic mass is 19.4. The molecule has 0 aromatic carbocycles. The molecule has 19 heavy (non-hydrogen) atoms. The van der Waals surface area contributed by atoms with Crippen LogP contribution in [0.5, 0.6) is 0 Å². The van der Waals surface area contributed by atoms with Crippen LogP contribution in [0.3, 0.4) is 0 Å². The van der Waals surface area contributed by atoms with Crippen molar-refractivity contribution >= 4 is 11.8 Å². The van der Waals surface area contributed by atoms with Gasteiger partial charge in [-0.15, -0.1) is 0 Å². The fraction of sp³-hybridized carbons (Fsp3) is 0.636. The molecule has 5 nitrogen and oxygen atoms in total. The summed E-state index contributed by atoms with van der Waals surface area (Å²) < 4.78 is 35.6. The van der Waals surface area contributed by atoms with E-state index in [0.29, 0.717) is 6.42 Å². The molecule has 8 heteroatoms. The van der Waals surface area contributed by atoms with Gasteiger partial charge in [-0.25, -0.2) is 0 Å². The third kappa shape index (κ3) is 5.29. The predicted octanol–water partition coefficient (Wildman–Crippen LogP) is 0.0267.